The van der Waals surface area contributed by atoms with Gasteiger partial charge in [0.2, 0.25) is 5.91 Å². The average molecular weight is 250 g/mol. The van der Waals surface area contributed by atoms with Crippen LogP contribution in [0.2, 0.25) is 0 Å². The molecule has 1 fully saturated rings. The van der Waals surface area contributed by atoms with Crippen LogP contribution in [-0.2, 0) is 4.79 Å². The molecule has 2 unspecified atom stereocenters. The SMILES string of the molecule is CC(CCCl)CNC(=O)C1(C)CCCS1. The lowest BCUT2D eigenvalue weighted by molar-refractivity contribution is -0.123. The van der Waals surface area contributed by atoms with Crippen LogP contribution in [0.15, 0.2) is 0 Å². The molecule has 0 spiro atoms. The van der Waals surface area contributed by atoms with Crippen molar-refractivity contribution in [1.82, 2.24) is 5.32 Å². The zero-order valence-electron chi connectivity index (χ0n) is 9.51. The molecule has 0 radical (unpaired) electrons. The zero-order valence-corrected chi connectivity index (χ0v) is 11.1. The molecule has 4 heteroatoms. The van der Waals surface area contributed by atoms with Gasteiger partial charge in [0.25, 0.3) is 0 Å². The van der Waals surface area contributed by atoms with Crippen LogP contribution in [0.25, 0.3) is 0 Å². The first-order valence-electron chi connectivity index (χ1n) is 5.57. The highest BCUT2D eigenvalue weighted by Gasteiger charge is 2.36. The van der Waals surface area contributed by atoms with Crippen molar-refractivity contribution in [1.29, 1.82) is 0 Å². The fourth-order valence-corrected chi connectivity index (χ4v) is 3.30. The van der Waals surface area contributed by atoms with Crippen LogP contribution in [0.1, 0.15) is 33.1 Å². The molecule has 2 atom stereocenters. The van der Waals surface area contributed by atoms with E-state index in [4.69, 9.17) is 11.6 Å². The average Bonchev–Trinajstić information content (AvgIpc) is 2.63. The van der Waals surface area contributed by atoms with Gasteiger partial charge < -0.3 is 5.32 Å². The van der Waals surface area contributed by atoms with E-state index in [-0.39, 0.29) is 10.7 Å². The number of hydrogen-bond acceptors (Lipinski definition) is 2. The summed E-state index contributed by atoms with van der Waals surface area (Å²) in [5.74, 6) is 2.46. The molecular formula is C11H20ClNOS. The van der Waals surface area contributed by atoms with Crippen molar-refractivity contribution >= 4 is 29.3 Å². The Morgan fingerprint density at radius 1 is 1.67 bits per heavy atom. The molecule has 1 amide bonds. The number of alkyl halides is 1. The monoisotopic (exact) mass is 249 g/mol. The smallest absolute Gasteiger partial charge is 0.235 e. The van der Waals surface area contributed by atoms with Gasteiger partial charge in [-0.05, 0) is 37.9 Å². The minimum atomic E-state index is -0.180. The maximum absolute atomic E-state index is 11.9. The van der Waals surface area contributed by atoms with Crippen LogP contribution in [-0.4, -0.2) is 28.8 Å². The second-order valence-electron chi connectivity index (χ2n) is 4.48. The maximum atomic E-state index is 11.9. The third kappa shape index (κ3) is 3.87. The van der Waals surface area contributed by atoms with Crippen molar-refractivity contribution in [3.8, 4) is 0 Å². The van der Waals surface area contributed by atoms with E-state index in [1.54, 1.807) is 11.8 Å². The third-order valence-corrected chi connectivity index (χ3v) is 4.65. The van der Waals surface area contributed by atoms with E-state index < -0.39 is 0 Å². The lowest BCUT2D eigenvalue weighted by atomic mass is 10.0. The van der Waals surface area contributed by atoms with Crippen molar-refractivity contribution in [2.24, 2.45) is 5.92 Å². The molecule has 1 heterocycles. The Morgan fingerprint density at radius 2 is 2.40 bits per heavy atom. The summed E-state index contributed by atoms with van der Waals surface area (Å²) in [6.07, 6.45) is 3.13. The number of thioether (sulfide) groups is 1. The summed E-state index contributed by atoms with van der Waals surface area (Å²) in [6.45, 7) is 4.92. The highest BCUT2D eigenvalue weighted by molar-refractivity contribution is 8.01. The number of hydrogen-bond donors (Lipinski definition) is 1. The summed E-state index contributed by atoms with van der Waals surface area (Å²) >= 11 is 7.43. The van der Waals surface area contributed by atoms with Crippen LogP contribution in [0.5, 0.6) is 0 Å². The molecule has 0 saturated carbocycles. The lowest BCUT2D eigenvalue weighted by Gasteiger charge is -2.22. The van der Waals surface area contributed by atoms with Gasteiger partial charge in [0.1, 0.15) is 0 Å². The summed E-state index contributed by atoms with van der Waals surface area (Å²) in [4.78, 5) is 11.9. The number of amides is 1. The Hall–Kier alpha value is 0.110. The number of nitrogens with one attached hydrogen (secondary N) is 1. The molecule has 0 bridgehead atoms. The molecule has 1 aliphatic rings. The molecule has 1 saturated heterocycles. The molecule has 0 aromatic carbocycles. The molecule has 1 aliphatic heterocycles. The molecule has 1 N–H and O–H groups in total. The first-order chi connectivity index (χ1) is 7.08. The predicted molar refractivity (Wildman–Crippen MR) is 67.6 cm³/mol. The van der Waals surface area contributed by atoms with E-state index >= 15 is 0 Å². The number of carbonyl (C=O) groups is 1. The van der Waals surface area contributed by atoms with Gasteiger partial charge in [-0.15, -0.1) is 23.4 Å². The van der Waals surface area contributed by atoms with E-state index in [1.807, 2.05) is 6.92 Å². The van der Waals surface area contributed by atoms with Crippen LogP contribution >= 0.6 is 23.4 Å². The Kier molecular flexibility index (Phi) is 5.27. The van der Waals surface area contributed by atoms with Crippen LogP contribution in [0, 0.1) is 5.92 Å². The highest BCUT2D eigenvalue weighted by atomic mass is 35.5. The van der Waals surface area contributed by atoms with Gasteiger partial charge >= 0.3 is 0 Å². The maximum Gasteiger partial charge on any atom is 0.235 e. The number of rotatable bonds is 5. The van der Waals surface area contributed by atoms with E-state index in [0.29, 0.717) is 11.8 Å². The molecular weight excluding hydrogens is 230 g/mol. The first kappa shape index (κ1) is 13.2. The van der Waals surface area contributed by atoms with E-state index in [0.717, 1.165) is 31.6 Å². The van der Waals surface area contributed by atoms with Gasteiger partial charge in [-0.1, -0.05) is 6.92 Å². The van der Waals surface area contributed by atoms with E-state index in [1.165, 1.54) is 0 Å². The highest BCUT2D eigenvalue weighted by Crippen LogP contribution is 2.37. The topological polar surface area (TPSA) is 29.1 Å². The fourth-order valence-electron chi connectivity index (χ4n) is 1.70. The van der Waals surface area contributed by atoms with Crippen LogP contribution in [0.4, 0.5) is 0 Å². The largest absolute Gasteiger partial charge is 0.355 e. The van der Waals surface area contributed by atoms with Gasteiger partial charge in [-0.2, -0.15) is 0 Å². The van der Waals surface area contributed by atoms with Crippen LogP contribution < -0.4 is 5.32 Å². The molecule has 15 heavy (non-hydrogen) atoms. The van der Waals surface area contributed by atoms with Crippen molar-refractivity contribution < 1.29 is 4.79 Å². The van der Waals surface area contributed by atoms with Crippen LogP contribution in [0.3, 0.4) is 0 Å². The Morgan fingerprint density at radius 3 is 2.93 bits per heavy atom. The summed E-state index contributed by atoms with van der Waals surface area (Å²) in [6, 6.07) is 0. The van der Waals surface area contributed by atoms with Crippen molar-refractivity contribution in [2.75, 3.05) is 18.2 Å². The van der Waals surface area contributed by atoms with Crippen molar-refractivity contribution in [2.45, 2.75) is 37.9 Å². The van der Waals surface area contributed by atoms with Gasteiger partial charge in [-0.3, -0.25) is 4.79 Å². The second-order valence-corrected chi connectivity index (χ2v) is 6.45. The Bertz CT molecular complexity index is 217. The number of halogens is 1. The molecule has 0 aliphatic carbocycles. The summed E-state index contributed by atoms with van der Waals surface area (Å²) in [7, 11) is 0. The summed E-state index contributed by atoms with van der Waals surface area (Å²) < 4.78 is -0.180. The van der Waals surface area contributed by atoms with Gasteiger partial charge in [0, 0.05) is 12.4 Å². The molecule has 0 aromatic rings. The van der Waals surface area contributed by atoms with Gasteiger partial charge in [0.05, 0.1) is 4.75 Å². The molecule has 88 valence electrons. The predicted octanol–water partition coefficient (Wildman–Crippen LogP) is 2.65. The first-order valence-corrected chi connectivity index (χ1v) is 7.09. The molecule has 2 nitrogen and oxygen atoms in total. The van der Waals surface area contributed by atoms with E-state index in [2.05, 4.69) is 12.2 Å². The quantitative estimate of drug-likeness (QED) is 0.759. The molecule has 0 aromatic heterocycles. The third-order valence-electron chi connectivity index (χ3n) is 2.91. The molecule has 1 rings (SSSR count). The van der Waals surface area contributed by atoms with E-state index in [9.17, 15) is 4.79 Å². The normalized spacial score (nSPS) is 27.7. The fraction of sp³-hybridized carbons (Fsp3) is 0.909. The minimum Gasteiger partial charge on any atom is -0.355 e. The summed E-state index contributed by atoms with van der Waals surface area (Å²) in [5, 5.41) is 3.03. The standard InChI is InChI=1S/C11H20ClNOS/c1-9(4-6-12)8-13-10(14)11(2)5-3-7-15-11/h9H,3-8H2,1-2H3,(H,13,14). The van der Waals surface area contributed by atoms with Gasteiger partial charge in [0.15, 0.2) is 0 Å². The minimum absolute atomic E-state index is 0.180. The van der Waals surface area contributed by atoms with Gasteiger partial charge in [-0.25, -0.2) is 0 Å². The number of carbonyl (C=O) groups excluding carboxylic acids is 1. The van der Waals surface area contributed by atoms with Crippen molar-refractivity contribution in [3.05, 3.63) is 0 Å². The Labute approximate surface area is 102 Å². The second kappa shape index (κ2) is 6.00. The summed E-state index contributed by atoms with van der Waals surface area (Å²) in [5.41, 5.74) is 0. The zero-order chi connectivity index (χ0) is 11.3. The lowest BCUT2D eigenvalue weighted by Crippen LogP contribution is -2.42. The Balaban J connectivity index is 2.29. The van der Waals surface area contributed by atoms with Crippen molar-refractivity contribution in [3.63, 3.8) is 0 Å².